The van der Waals surface area contributed by atoms with Gasteiger partial charge in [0.15, 0.2) is 0 Å². The number of nitrogens with one attached hydrogen (secondary N) is 1. The first kappa shape index (κ1) is 14.7. The SMILES string of the molecule is C[C@@H](NC(=O)c1cccc(Br)c1)c1ccc(F)cc1F. The summed E-state index contributed by atoms with van der Waals surface area (Å²) in [5.41, 5.74) is 0.712. The molecule has 0 bridgehead atoms. The highest BCUT2D eigenvalue weighted by molar-refractivity contribution is 9.10. The molecule has 2 rings (SSSR count). The Hall–Kier alpha value is -1.75. The molecule has 0 saturated heterocycles. The van der Waals surface area contributed by atoms with Crippen molar-refractivity contribution in [1.82, 2.24) is 5.32 Å². The van der Waals surface area contributed by atoms with E-state index in [9.17, 15) is 13.6 Å². The van der Waals surface area contributed by atoms with Crippen LogP contribution in [0.2, 0.25) is 0 Å². The fourth-order valence-corrected chi connectivity index (χ4v) is 2.24. The average molecular weight is 340 g/mol. The van der Waals surface area contributed by atoms with Crippen molar-refractivity contribution in [2.24, 2.45) is 0 Å². The summed E-state index contributed by atoms with van der Waals surface area (Å²) in [4.78, 5) is 12.0. The third-order valence-electron chi connectivity index (χ3n) is 2.86. The summed E-state index contributed by atoms with van der Waals surface area (Å²) in [7, 11) is 0. The lowest BCUT2D eigenvalue weighted by Gasteiger charge is -2.15. The van der Waals surface area contributed by atoms with Crippen molar-refractivity contribution in [3.63, 3.8) is 0 Å². The molecule has 0 aliphatic rings. The van der Waals surface area contributed by atoms with Crippen LogP contribution >= 0.6 is 15.9 Å². The monoisotopic (exact) mass is 339 g/mol. The molecule has 0 fully saturated rings. The predicted octanol–water partition coefficient (Wildman–Crippen LogP) is 4.22. The number of hydrogen-bond donors (Lipinski definition) is 1. The van der Waals surface area contributed by atoms with Gasteiger partial charge in [-0.25, -0.2) is 8.78 Å². The van der Waals surface area contributed by atoms with E-state index in [1.807, 2.05) is 0 Å². The zero-order valence-corrected chi connectivity index (χ0v) is 12.2. The van der Waals surface area contributed by atoms with Crippen LogP contribution in [0.5, 0.6) is 0 Å². The van der Waals surface area contributed by atoms with Crippen molar-refractivity contribution < 1.29 is 13.6 Å². The molecule has 0 aliphatic carbocycles. The summed E-state index contributed by atoms with van der Waals surface area (Å²) in [6, 6.07) is 9.62. The fraction of sp³-hybridized carbons (Fsp3) is 0.133. The van der Waals surface area contributed by atoms with Gasteiger partial charge in [0, 0.05) is 21.7 Å². The van der Waals surface area contributed by atoms with Gasteiger partial charge < -0.3 is 5.32 Å². The molecule has 1 amide bonds. The minimum Gasteiger partial charge on any atom is -0.345 e. The molecule has 0 spiro atoms. The maximum Gasteiger partial charge on any atom is 0.251 e. The smallest absolute Gasteiger partial charge is 0.251 e. The molecular weight excluding hydrogens is 328 g/mol. The Morgan fingerprint density at radius 1 is 1.20 bits per heavy atom. The molecule has 0 saturated carbocycles. The minimum atomic E-state index is -0.674. The normalized spacial score (nSPS) is 12.0. The van der Waals surface area contributed by atoms with Crippen molar-refractivity contribution in [2.75, 3.05) is 0 Å². The van der Waals surface area contributed by atoms with Crippen molar-refractivity contribution >= 4 is 21.8 Å². The molecule has 20 heavy (non-hydrogen) atoms. The van der Waals surface area contributed by atoms with Crippen molar-refractivity contribution in [1.29, 1.82) is 0 Å². The van der Waals surface area contributed by atoms with Crippen LogP contribution in [-0.2, 0) is 0 Å². The highest BCUT2D eigenvalue weighted by atomic mass is 79.9. The molecule has 2 aromatic rings. The van der Waals surface area contributed by atoms with Crippen molar-refractivity contribution in [3.05, 3.63) is 69.7 Å². The highest BCUT2D eigenvalue weighted by Gasteiger charge is 2.15. The van der Waals surface area contributed by atoms with Gasteiger partial charge in [-0.2, -0.15) is 0 Å². The predicted molar refractivity (Wildman–Crippen MR) is 76.4 cm³/mol. The Bertz CT molecular complexity index is 646. The van der Waals surface area contributed by atoms with Gasteiger partial charge in [0.05, 0.1) is 6.04 Å². The van der Waals surface area contributed by atoms with Crippen LogP contribution in [-0.4, -0.2) is 5.91 Å². The highest BCUT2D eigenvalue weighted by Crippen LogP contribution is 2.19. The van der Waals surface area contributed by atoms with Gasteiger partial charge in [-0.1, -0.05) is 28.1 Å². The minimum absolute atomic E-state index is 0.245. The lowest BCUT2D eigenvalue weighted by atomic mass is 10.1. The number of amides is 1. The number of halogens is 3. The quantitative estimate of drug-likeness (QED) is 0.891. The molecule has 0 aromatic heterocycles. The summed E-state index contributed by atoms with van der Waals surface area (Å²) in [5.74, 6) is -1.63. The third-order valence-corrected chi connectivity index (χ3v) is 3.36. The molecule has 2 aromatic carbocycles. The molecule has 1 atom stereocenters. The van der Waals surface area contributed by atoms with Gasteiger partial charge in [0.2, 0.25) is 0 Å². The first-order valence-electron chi connectivity index (χ1n) is 5.99. The molecule has 5 heteroatoms. The standard InChI is InChI=1S/C15H12BrF2NO/c1-9(13-6-5-12(17)8-14(13)18)19-15(20)10-3-2-4-11(16)7-10/h2-9H,1H3,(H,19,20)/t9-/m1/s1. The molecule has 0 radical (unpaired) electrons. The summed E-state index contributed by atoms with van der Waals surface area (Å²) in [6.07, 6.45) is 0. The van der Waals surface area contributed by atoms with Gasteiger partial charge >= 0.3 is 0 Å². The Kier molecular flexibility index (Phi) is 4.49. The topological polar surface area (TPSA) is 29.1 Å². The molecule has 0 aliphatic heterocycles. The summed E-state index contributed by atoms with van der Waals surface area (Å²) in [6.45, 7) is 1.65. The van der Waals surface area contributed by atoms with Crippen LogP contribution in [0.15, 0.2) is 46.9 Å². The Labute approximate surface area is 123 Å². The van der Waals surface area contributed by atoms with Gasteiger partial charge in [-0.05, 0) is 31.2 Å². The number of rotatable bonds is 3. The van der Waals surface area contributed by atoms with Crippen LogP contribution in [0, 0.1) is 11.6 Å². The van der Waals surface area contributed by atoms with E-state index < -0.39 is 17.7 Å². The first-order chi connectivity index (χ1) is 9.47. The first-order valence-corrected chi connectivity index (χ1v) is 6.78. The van der Waals surface area contributed by atoms with E-state index >= 15 is 0 Å². The van der Waals surface area contributed by atoms with Crippen LogP contribution in [0.4, 0.5) is 8.78 Å². The number of benzene rings is 2. The second-order valence-electron chi connectivity index (χ2n) is 4.37. The van der Waals surface area contributed by atoms with E-state index in [1.165, 1.54) is 12.1 Å². The van der Waals surface area contributed by atoms with Crippen LogP contribution in [0.25, 0.3) is 0 Å². The molecule has 0 unspecified atom stereocenters. The van der Waals surface area contributed by atoms with Crippen LogP contribution in [0.1, 0.15) is 28.9 Å². The molecular formula is C15H12BrF2NO. The molecule has 1 N–H and O–H groups in total. The van der Waals surface area contributed by atoms with Gasteiger partial charge in [-0.3, -0.25) is 4.79 Å². The molecule has 2 nitrogen and oxygen atoms in total. The Morgan fingerprint density at radius 2 is 1.95 bits per heavy atom. The van der Waals surface area contributed by atoms with E-state index in [2.05, 4.69) is 21.2 Å². The van der Waals surface area contributed by atoms with Gasteiger partial charge in [-0.15, -0.1) is 0 Å². The van der Waals surface area contributed by atoms with E-state index in [1.54, 1.807) is 31.2 Å². The van der Waals surface area contributed by atoms with Gasteiger partial charge in [0.25, 0.3) is 5.91 Å². The zero-order valence-electron chi connectivity index (χ0n) is 10.7. The van der Waals surface area contributed by atoms with E-state index in [4.69, 9.17) is 0 Å². The summed E-state index contributed by atoms with van der Waals surface area (Å²) >= 11 is 3.28. The van der Waals surface area contributed by atoms with E-state index in [0.717, 1.165) is 10.5 Å². The van der Waals surface area contributed by atoms with E-state index in [-0.39, 0.29) is 11.5 Å². The Morgan fingerprint density at radius 3 is 2.60 bits per heavy atom. The number of carbonyl (C=O) groups excluding carboxylic acids is 1. The number of hydrogen-bond acceptors (Lipinski definition) is 1. The van der Waals surface area contributed by atoms with Gasteiger partial charge in [0.1, 0.15) is 11.6 Å². The fourth-order valence-electron chi connectivity index (χ4n) is 1.84. The van der Waals surface area contributed by atoms with Crippen molar-refractivity contribution in [2.45, 2.75) is 13.0 Å². The van der Waals surface area contributed by atoms with E-state index in [0.29, 0.717) is 5.56 Å². The maximum absolute atomic E-state index is 13.6. The lowest BCUT2D eigenvalue weighted by molar-refractivity contribution is 0.0939. The van der Waals surface area contributed by atoms with Crippen LogP contribution in [0.3, 0.4) is 0 Å². The Balaban J connectivity index is 2.15. The summed E-state index contributed by atoms with van der Waals surface area (Å²) < 4.78 is 27.3. The molecule has 104 valence electrons. The van der Waals surface area contributed by atoms with Crippen LogP contribution < -0.4 is 5.32 Å². The third kappa shape index (κ3) is 3.42. The average Bonchev–Trinajstić information content (AvgIpc) is 2.38. The second kappa shape index (κ2) is 6.13. The zero-order chi connectivity index (χ0) is 14.7. The van der Waals surface area contributed by atoms with Crippen molar-refractivity contribution in [3.8, 4) is 0 Å². The maximum atomic E-state index is 13.6. The lowest BCUT2D eigenvalue weighted by Crippen LogP contribution is -2.27. The second-order valence-corrected chi connectivity index (χ2v) is 5.29. The largest absolute Gasteiger partial charge is 0.345 e. The summed E-state index contributed by atoms with van der Waals surface area (Å²) in [5, 5.41) is 2.68. The molecule has 0 heterocycles. The number of carbonyl (C=O) groups is 1.